The van der Waals surface area contributed by atoms with Crippen molar-refractivity contribution < 1.29 is 28.2 Å². The lowest BCUT2D eigenvalue weighted by atomic mass is 9.96. The number of nitrogens with one attached hydrogen (secondary N) is 1. The SMILES string of the molecule is Cc1ccc(CN(Cc2ccc3c(c2)OCO3)C(=O)CN(CCN2CCOCC2)C(=O)NC2CCCCC2)o1. The molecule has 3 amide bonds. The van der Waals surface area contributed by atoms with Crippen LogP contribution >= 0.6 is 0 Å². The molecule has 2 fully saturated rings. The number of ether oxygens (including phenoxy) is 3. The molecule has 1 aromatic carbocycles. The molecule has 10 heteroatoms. The van der Waals surface area contributed by atoms with E-state index < -0.39 is 0 Å². The fourth-order valence-electron chi connectivity index (χ4n) is 5.37. The van der Waals surface area contributed by atoms with Crippen LogP contribution in [0.15, 0.2) is 34.7 Å². The quantitative estimate of drug-likeness (QED) is 0.493. The molecule has 1 N–H and O–H groups in total. The zero-order chi connectivity index (χ0) is 27.0. The maximum Gasteiger partial charge on any atom is 0.318 e. The van der Waals surface area contributed by atoms with Crippen molar-refractivity contribution in [1.82, 2.24) is 20.0 Å². The average molecular weight is 541 g/mol. The van der Waals surface area contributed by atoms with Gasteiger partial charge in [-0.2, -0.15) is 0 Å². The van der Waals surface area contributed by atoms with Crippen LogP contribution in [-0.2, 0) is 22.6 Å². The van der Waals surface area contributed by atoms with Crippen LogP contribution in [-0.4, -0.2) is 85.4 Å². The summed E-state index contributed by atoms with van der Waals surface area (Å²) in [4.78, 5) is 33.0. The molecular formula is C29H40N4O6. The molecule has 1 saturated carbocycles. The van der Waals surface area contributed by atoms with Crippen molar-refractivity contribution in [3.63, 3.8) is 0 Å². The highest BCUT2D eigenvalue weighted by atomic mass is 16.7. The molecule has 10 nitrogen and oxygen atoms in total. The van der Waals surface area contributed by atoms with Crippen LogP contribution < -0.4 is 14.8 Å². The molecule has 39 heavy (non-hydrogen) atoms. The molecule has 2 aliphatic heterocycles. The van der Waals surface area contributed by atoms with Crippen molar-refractivity contribution in [1.29, 1.82) is 0 Å². The first-order valence-corrected chi connectivity index (χ1v) is 14.1. The van der Waals surface area contributed by atoms with Crippen molar-refractivity contribution in [2.75, 3.05) is 52.7 Å². The number of urea groups is 1. The van der Waals surface area contributed by atoms with Crippen LogP contribution in [0.2, 0.25) is 0 Å². The highest BCUT2D eigenvalue weighted by Gasteiger charge is 2.26. The van der Waals surface area contributed by atoms with Crippen LogP contribution in [0.3, 0.4) is 0 Å². The Morgan fingerprint density at radius 3 is 2.54 bits per heavy atom. The molecule has 5 rings (SSSR count). The smallest absolute Gasteiger partial charge is 0.318 e. The summed E-state index contributed by atoms with van der Waals surface area (Å²) in [6.07, 6.45) is 5.45. The van der Waals surface area contributed by atoms with Crippen molar-refractivity contribution in [2.45, 2.75) is 58.2 Å². The van der Waals surface area contributed by atoms with E-state index in [1.165, 1.54) is 6.42 Å². The normalized spacial score (nSPS) is 17.7. The van der Waals surface area contributed by atoms with Gasteiger partial charge in [-0.05, 0) is 49.6 Å². The highest BCUT2D eigenvalue weighted by Crippen LogP contribution is 2.33. The van der Waals surface area contributed by atoms with E-state index >= 15 is 0 Å². The molecule has 0 spiro atoms. The van der Waals surface area contributed by atoms with Gasteiger partial charge in [0.15, 0.2) is 11.5 Å². The zero-order valence-corrected chi connectivity index (χ0v) is 22.9. The number of benzene rings is 1. The largest absolute Gasteiger partial charge is 0.464 e. The third-order valence-corrected chi connectivity index (χ3v) is 7.64. The molecule has 1 saturated heterocycles. The van der Waals surface area contributed by atoms with Gasteiger partial charge in [0, 0.05) is 38.8 Å². The Balaban J connectivity index is 1.29. The van der Waals surface area contributed by atoms with Gasteiger partial charge in [-0.1, -0.05) is 25.3 Å². The average Bonchev–Trinajstić information content (AvgIpc) is 3.59. The number of furan rings is 1. The van der Waals surface area contributed by atoms with Gasteiger partial charge >= 0.3 is 6.03 Å². The standard InChI is InChI=1S/C29H40N4O6/c1-22-7-9-25(39-22)19-33(18-23-8-10-26-27(17-23)38-21-37-26)28(34)20-32(12-11-31-13-15-36-16-14-31)29(35)30-24-5-3-2-4-6-24/h7-10,17,24H,2-6,11-16,18-21H2,1H3,(H,30,35). The second-order valence-corrected chi connectivity index (χ2v) is 10.6. The van der Waals surface area contributed by atoms with Crippen LogP contribution in [0.4, 0.5) is 4.79 Å². The van der Waals surface area contributed by atoms with Gasteiger partial charge in [-0.3, -0.25) is 9.69 Å². The van der Waals surface area contributed by atoms with E-state index in [-0.39, 0.29) is 31.3 Å². The Morgan fingerprint density at radius 1 is 0.974 bits per heavy atom. The molecule has 0 radical (unpaired) electrons. The molecule has 212 valence electrons. The number of rotatable bonds is 10. The van der Waals surface area contributed by atoms with E-state index in [0.717, 1.165) is 50.1 Å². The van der Waals surface area contributed by atoms with Gasteiger partial charge in [0.1, 0.15) is 18.1 Å². The maximum atomic E-state index is 13.8. The van der Waals surface area contributed by atoms with Gasteiger partial charge in [-0.25, -0.2) is 4.79 Å². The topological polar surface area (TPSA) is 96.7 Å². The Hall–Kier alpha value is -3.24. The van der Waals surface area contributed by atoms with Gasteiger partial charge in [0.25, 0.3) is 0 Å². The number of carbonyl (C=O) groups is 2. The first-order chi connectivity index (χ1) is 19.0. The monoisotopic (exact) mass is 540 g/mol. The van der Waals surface area contributed by atoms with E-state index in [1.54, 1.807) is 9.80 Å². The molecule has 1 aliphatic carbocycles. The summed E-state index contributed by atoms with van der Waals surface area (Å²) >= 11 is 0. The number of fused-ring (bicyclic) bond motifs is 1. The minimum absolute atomic E-state index is 0.00681. The van der Waals surface area contributed by atoms with Crippen LogP contribution in [0.25, 0.3) is 0 Å². The number of hydrogen-bond donors (Lipinski definition) is 1. The second-order valence-electron chi connectivity index (χ2n) is 10.6. The van der Waals surface area contributed by atoms with Crippen LogP contribution in [0, 0.1) is 6.92 Å². The fourth-order valence-corrected chi connectivity index (χ4v) is 5.37. The van der Waals surface area contributed by atoms with Crippen molar-refractivity contribution in [2.24, 2.45) is 0 Å². The molecule has 0 bridgehead atoms. The molecular weight excluding hydrogens is 500 g/mol. The lowest BCUT2D eigenvalue weighted by Crippen LogP contribution is -2.52. The summed E-state index contributed by atoms with van der Waals surface area (Å²) < 4.78 is 22.3. The molecule has 0 unspecified atom stereocenters. The number of nitrogens with zero attached hydrogens (tertiary/aromatic N) is 3. The van der Waals surface area contributed by atoms with Crippen LogP contribution in [0.1, 0.15) is 49.2 Å². The second kappa shape index (κ2) is 13.2. The van der Waals surface area contributed by atoms with Gasteiger partial charge < -0.3 is 33.7 Å². The third-order valence-electron chi connectivity index (χ3n) is 7.64. The lowest BCUT2D eigenvalue weighted by molar-refractivity contribution is -0.133. The summed E-state index contributed by atoms with van der Waals surface area (Å²) in [5, 5.41) is 3.21. The first kappa shape index (κ1) is 27.3. The minimum atomic E-state index is -0.166. The summed E-state index contributed by atoms with van der Waals surface area (Å²) in [5.74, 6) is 2.73. The maximum absolute atomic E-state index is 13.8. The third kappa shape index (κ3) is 7.67. The minimum Gasteiger partial charge on any atom is -0.464 e. The Labute approximate surface area is 230 Å². The first-order valence-electron chi connectivity index (χ1n) is 14.1. The summed E-state index contributed by atoms with van der Waals surface area (Å²) in [7, 11) is 0. The number of hydrogen-bond acceptors (Lipinski definition) is 7. The predicted octanol–water partition coefficient (Wildman–Crippen LogP) is 3.52. The summed E-state index contributed by atoms with van der Waals surface area (Å²) in [5.41, 5.74) is 0.919. The molecule has 1 aromatic heterocycles. The van der Waals surface area contributed by atoms with Crippen molar-refractivity contribution >= 4 is 11.9 Å². The molecule has 3 aliphatic rings. The number of amides is 3. The fraction of sp³-hybridized carbons (Fsp3) is 0.586. The Bertz CT molecular complexity index is 1110. The lowest BCUT2D eigenvalue weighted by Gasteiger charge is -2.32. The van der Waals surface area contributed by atoms with Gasteiger partial charge in [-0.15, -0.1) is 0 Å². The highest BCUT2D eigenvalue weighted by molar-refractivity contribution is 5.84. The molecule has 2 aromatic rings. The van der Waals surface area contributed by atoms with Crippen LogP contribution in [0.5, 0.6) is 11.5 Å². The predicted molar refractivity (Wildman–Crippen MR) is 145 cm³/mol. The Morgan fingerprint density at radius 2 is 1.77 bits per heavy atom. The molecule has 3 heterocycles. The van der Waals surface area contributed by atoms with E-state index in [1.807, 2.05) is 37.3 Å². The van der Waals surface area contributed by atoms with E-state index in [4.69, 9.17) is 18.6 Å². The van der Waals surface area contributed by atoms with Gasteiger partial charge in [0.2, 0.25) is 12.7 Å². The van der Waals surface area contributed by atoms with E-state index in [0.29, 0.717) is 56.7 Å². The van der Waals surface area contributed by atoms with Crippen molar-refractivity contribution in [3.8, 4) is 11.5 Å². The Kier molecular flexibility index (Phi) is 9.26. The van der Waals surface area contributed by atoms with E-state index in [9.17, 15) is 9.59 Å². The zero-order valence-electron chi connectivity index (χ0n) is 22.9. The number of carbonyl (C=O) groups excluding carboxylic acids is 2. The van der Waals surface area contributed by atoms with Crippen molar-refractivity contribution in [3.05, 3.63) is 47.4 Å². The van der Waals surface area contributed by atoms with E-state index in [2.05, 4.69) is 10.2 Å². The number of morpholine rings is 1. The number of aryl methyl sites for hydroxylation is 1. The van der Waals surface area contributed by atoms with Gasteiger partial charge in [0.05, 0.1) is 19.8 Å². The summed E-state index contributed by atoms with van der Waals surface area (Å²) in [6.45, 7) is 6.97. The molecule has 0 atom stereocenters. The summed E-state index contributed by atoms with van der Waals surface area (Å²) in [6, 6.07) is 9.49.